The van der Waals surface area contributed by atoms with Crippen LogP contribution in [-0.4, -0.2) is 53.5 Å². The Morgan fingerprint density at radius 2 is 1.92 bits per heavy atom. The summed E-state index contributed by atoms with van der Waals surface area (Å²) in [5.41, 5.74) is 0. The lowest BCUT2D eigenvalue weighted by molar-refractivity contribution is -0.183. The fourth-order valence-electron chi connectivity index (χ4n) is 2.12. The van der Waals surface area contributed by atoms with E-state index in [2.05, 4.69) is 6.58 Å². The lowest BCUT2D eigenvalue weighted by Gasteiger charge is -2.30. The van der Waals surface area contributed by atoms with Crippen LogP contribution < -0.4 is 0 Å². The van der Waals surface area contributed by atoms with Gasteiger partial charge in [-0.3, -0.25) is 8.75 Å². The maximum atomic E-state index is 12.9. The molecule has 2 atom stereocenters. The first-order chi connectivity index (χ1) is 11.2. The molecule has 1 rings (SSSR count). The SMILES string of the molecule is C=C([C@H](COS(C)(=O)=O)O[C@@H]1CCCCO1)P(=O)(OCC)OCC. The molecule has 8 nitrogen and oxygen atoms in total. The average Bonchev–Trinajstić information content (AvgIpc) is 2.51. The number of rotatable bonds is 11. The van der Waals surface area contributed by atoms with Gasteiger partial charge < -0.3 is 18.5 Å². The van der Waals surface area contributed by atoms with Crippen molar-refractivity contribution in [3.8, 4) is 0 Å². The van der Waals surface area contributed by atoms with E-state index in [-0.39, 0.29) is 25.1 Å². The largest absolute Gasteiger partial charge is 0.359 e. The minimum atomic E-state index is -3.70. The molecule has 0 aliphatic carbocycles. The molecule has 0 saturated carbocycles. The van der Waals surface area contributed by atoms with Gasteiger partial charge >= 0.3 is 7.60 Å². The van der Waals surface area contributed by atoms with Gasteiger partial charge in [0, 0.05) is 6.61 Å². The van der Waals surface area contributed by atoms with Crippen molar-refractivity contribution < 1.29 is 35.7 Å². The fraction of sp³-hybridized carbons (Fsp3) is 0.857. The molecule has 1 aliphatic rings. The van der Waals surface area contributed by atoms with E-state index in [1.807, 2.05) is 0 Å². The van der Waals surface area contributed by atoms with Crippen LogP contribution in [0, 0.1) is 0 Å². The van der Waals surface area contributed by atoms with Gasteiger partial charge in [-0.1, -0.05) is 6.58 Å². The molecule has 0 aromatic carbocycles. The Bertz CT molecular complexity index is 531. The van der Waals surface area contributed by atoms with E-state index in [1.54, 1.807) is 13.8 Å². The van der Waals surface area contributed by atoms with Crippen molar-refractivity contribution in [2.45, 2.75) is 45.5 Å². The van der Waals surface area contributed by atoms with Gasteiger partial charge in [0.05, 0.1) is 31.4 Å². The van der Waals surface area contributed by atoms with Crippen LogP contribution in [0.1, 0.15) is 33.1 Å². The fourth-order valence-corrected chi connectivity index (χ4v) is 4.07. The second-order valence-electron chi connectivity index (χ2n) is 5.23. The summed E-state index contributed by atoms with van der Waals surface area (Å²) in [7, 11) is -7.36. The van der Waals surface area contributed by atoms with Crippen molar-refractivity contribution in [3.05, 3.63) is 11.9 Å². The molecule has 0 N–H and O–H groups in total. The van der Waals surface area contributed by atoms with Crippen molar-refractivity contribution in [1.29, 1.82) is 0 Å². The highest BCUT2D eigenvalue weighted by atomic mass is 32.2. The van der Waals surface area contributed by atoms with Crippen LogP contribution in [0.2, 0.25) is 0 Å². The summed E-state index contributed by atoms with van der Waals surface area (Å²) in [6.45, 7) is 7.58. The summed E-state index contributed by atoms with van der Waals surface area (Å²) in [5, 5.41) is 0.0176. The molecule has 0 aromatic rings. The normalized spacial score (nSPS) is 20.7. The molecule has 0 unspecified atom stereocenters. The van der Waals surface area contributed by atoms with Crippen molar-refractivity contribution in [2.75, 3.05) is 32.7 Å². The lowest BCUT2D eigenvalue weighted by Crippen LogP contribution is -2.32. The van der Waals surface area contributed by atoms with E-state index in [0.29, 0.717) is 13.0 Å². The highest BCUT2D eigenvalue weighted by Crippen LogP contribution is 2.57. The molecular formula is C14H27O8PS. The van der Waals surface area contributed by atoms with Crippen LogP contribution in [-0.2, 0) is 37.4 Å². The zero-order valence-corrected chi connectivity index (χ0v) is 16.1. The van der Waals surface area contributed by atoms with Crippen LogP contribution in [0.5, 0.6) is 0 Å². The Kier molecular flexibility index (Phi) is 9.08. The van der Waals surface area contributed by atoms with Crippen LogP contribution in [0.3, 0.4) is 0 Å². The molecule has 0 aromatic heterocycles. The van der Waals surface area contributed by atoms with Gasteiger partial charge in [-0.15, -0.1) is 0 Å². The monoisotopic (exact) mass is 386 g/mol. The van der Waals surface area contributed by atoms with Crippen molar-refractivity contribution in [2.24, 2.45) is 0 Å². The Hall–Kier alpha value is -0.280. The minimum Gasteiger partial charge on any atom is -0.353 e. The summed E-state index contributed by atoms with van der Waals surface area (Å²) < 4.78 is 61.9. The Labute approximate surface area is 144 Å². The zero-order valence-electron chi connectivity index (χ0n) is 14.4. The third-order valence-corrected chi connectivity index (χ3v) is 5.96. The van der Waals surface area contributed by atoms with Crippen molar-refractivity contribution in [3.63, 3.8) is 0 Å². The van der Waals surface area contributed by atoms with Gasteiger partial charge in [0.2, 0.25) is 0 Å². The molecule has 0 amide bonds. The third-order valence-electron chi connectivity index (χ3n) is 3.21. The van der Waals surface area contributed by atoms with Gasteiger partial charge in [-0.05, 0) is 33.1 Å². The molecule has 24 heavy (non-hydrogen) atoms. The molecule has 1 heterocycles. The molecule has 1 aliphatic heterocycles. The predicted octanol–water partition coefficient (Wildman–Crippen LogP) is 2.65. The number of ether oxygens (including phenoxy) is 2. The Balaban J connectivity index is 2.91. The summed E-state index contributed by atoms with van der Waals surface area (Å²) in [5.74, 6) is 0. The summed E-state index contributed by atoms with van der Waals surface area (Å²) in [6.07, 6.45) is 1.89. The first-order valence-corrected chi connectivity index (χ1v) is 11.3. The molecule has 10 heteroatoms. The average molecular weight is 386 g/mol. The summed E-state index contributed by atoms with van der Waals surface area (Å²) in [6, 6.07) is 0. The highest BCUT2D eigenvalue weighted by molar-refractivity contribution is 7.86. The second kappa shape index (κ2) is 10.0. The zero-order chi connectivity index (χ0) is 18.2. The van der Waals surface area contributed by atoms with Crippen molar-refractivity contribution in [1.82, 2.24) is 0 Å². The van der Waals surface area contributed by atoms with Gasteiger partial charge in [0.25, 0.3) is 10.1 Å². The maximum Gasteiger partial charge on any atom is 0.359 e. The molecule has 1 fully saturated rings. The van der Waals surface area contributed by atoms with E-state index >= 15 is 0 Å². The van der Waals surface area contributed by atoms with Crippen LogP contribution in [0.4, 0.5) is 0 Å². The molecule has 1 saturated heterocycles. The molecule has 0 radical (unpaired) electrons. The Morgan fingerprint density at radius 1 is 1.29 bits per heavy atom. The predicted molar refractivity (Wildman–Crippen MR) is 89.3 cm³/mol. The molecule has 0 bridgehead atoms. The van der Waals surface area contributed by atoms with Crippen LogP contribution in [0.15, 0.2) is 11.9 Å². The molecule has 142 valence electrons. The standard InChI is InChI=1S/C14H27O8PS/c1-5-19-23(15,20-6-2)12(3)13(11-21-24(4,16)17)22-14-9-7-8-10-18-14/h13-14H,3,5-11H2,1-2,4H3/t13-,14+/m0/s1. The topological polar surface area (TPSA) is 97.4 Å². The minimum absolute atomic E-state index is 0.0176. The van der Waals surface area contributed by atoms with Gasteiger partial charge in [-0.2, -0.15) is 8.42 Å². The highest BCUT2D eigenvalue weighted by Gasteiger charge is 2.36. The number of hydrogen-bond acceptors (Lipinski definition) is 8. The summed E-state index contributed by atoms with van der Waals surface area (Å²) in [4.78, 5) is 0. The van der Waals surface area contributed by atoms with Gasteiger partial charge in [-0.25, -0.2) is 0 Å². The third kappa shape index (κ3) is 7.31. The van der Waals surface area contributed by atoms with E-state index in [0.717, 1.165) is 19.1 Å². The van der Waals surface area contributed by atoms with Crippen molar-refractivity contribution >= 4 is 17.7 Å². The molecular weight excluding hydrogens is 359 g/mol. The van der Waals surface area contributed by atoms with Gasteiger partial charge in [0.15, 0.2) is 6.29 Å². The summed E-state index contributed by atoms with van der Waals surface area (Å²) >= 11 is 0. The van der Waals surface area contributed by atoms with E-state index in [9.17, 15) is 13.0 Å². The lowest BCUT2D eigenvalue weighted by atomic mass is 10.2. The van der Waals surface area contributed by atoms with Crippen LogP contribution in [0.25, 0.3) is 0 Å². The maximum absolute atomic E-state index is 12.9. The first-order valence-electron chi connectivity index (χ1n) is 7.91. The van der Waals surface area contributed by atoms with E-state index < -0.39 is 30.1 Å². The quantitative estimate of drug-likeness (QED) is 0.395. The molecule has 0 spiro atoms. The van der Waals surface area contributed by atoms with Crippen LogP contribution >= 0.6 is 7.60 Å². The van der Waals surface area contributed by atoms with E-state index in [4.69, 9.17) is 22.7 Å². The van der Waals surface area contributed by atoms with Gasteiger partial charge in [0.1, 0.15) is 6.10 Å². The smallest absolute Gasteiger partial charge is 0.353 e. The Morgan fingerprint density at radius 3 is 2.38 bits per heavy atom. The van der Waals surface area contributed by atoms with E-state index in [1.165, 1.54) is 0 Å². The second-order valence-corrected chi connectivity index (χ2v) is 8.96. The first kappa shape index (κ1) is 21.8. The number of hydrogen-bond donors (Lipinski definition) is 0.